The normalized spacial score (nSPS) is 16.4. The first-order valence-electron chi connectivity index (χ1n) is 3.73. The van der Waals surface area contributed by atoms with Crippen LogP contribution >= 0.6 is 15.9 Å². The Hall–Kier alpha value is -0.620. The van der Waals surface area contributed by atoms with Crippen LogP contribution in [0.25, 0.3) is 0 Å². The predicted molar refractivity (Wildman–Crippen MR) is 49.5 cm³/mol. The molecular formula is C8H8BrF3N2. The first-order chi connectivity index (χ1) is 6.25. The van der Waals surface area contributed by atoms with E-state index in [1.54, 1.807) is 0 Å². The van der Waals surface area contributed by atoms with Gasteiger partial charge in [0, 0.05) is 6.20 Å². The second-order valence-electron chi connectivity index (χ2n) is 3.07. The first kappa shape index (κ1) is 11.5. The van der Waals surface area contributed by atoms with E-state index < -0.39 is 11.7 Å². The van der Waals surface area contributed by atoms with Crippen molar-refractivity contribution in [3.05, 3.63) is 28.5 Å². The largest absolute Gasteiger partial charge is 0.410 e. The van der Waals surface area contributed by atoms with Crippen molar-refractivity contribution in [2.24, 2.45) is 5.73 Å². The molecule has 2 nitrogen and oxygen atoms in total. The summed E-state index contributed by atoms with van der Waals surface area (Å²) in [5, 5.41) is 0. The fraction of sp³-hybridized carbons (Fsp3) is 0.375. The zero-order chi connectivity index (χ0) is 11.0. The van der Waals surface area contributed by atoms with Crippen LogP contribution in [0.15, 0.2) is 22.9 Å². The average Bonchev–Trinajstić information content (AvgIpc) is 2.03. The molecule has 0 amide bonds. The smallest absolute Gasteiger partial charge is 0.314 e. The molecule has 1 aromatic rings. The van der Waals surface area contributed by atoms with Gasteiger partial charge in [0.1, 0.15) is 10.1 Å². The zero-order valence-electron chi connectivity index (χ0n) is 7.27. The monoisotopic (exact) mass is 268 g/mol. The van der Waals surface area contributed by atoms with Gasteiger partial charge in [0.15, 0.2) is 0 Å². The molecule has 0 radical (unpaired) electrons. The van der Waals surface area contributed by atoms with Crippen molar-refractivity contribution in [1.29, 1.82) is 0 Å². The number of rotatable bonds is 1. The van der Waals surface area contributed by atoms with Crippen LogP contribution in [0.1, 0.15) is 12.5 Å². The summed E-state index contributed by atoms with van der Waals surface area (Å²) in [5.41, 5.74) is 2.76. The van der Waals surface area contributed by atoms with E-state index in [2.05, 4.69) is 20.9 Å². The van der Waals surface area contributed by atoms with Gasteiger partial charge in [0.05, 0.1) is 0 Å². The van der Waals surface area contributed by atoms with E-state index in [9.17, 15) is 13.2 Å². The van der Waals surface area contributed by atoms with Crippen molar-refractivity contribution in [2.45, 2.75) is 18.6 Å². The van der Waals surface area contributed by atoms with E-state index in [1.165, 1.54) is 12.1 Å². The maximum atomic E-state index is 12.5. The summed E-state index contributed by atoms with van der Waals surface area (Å²) in [6.45, 7) is 0.915. The van der Waals surface area contributed by atoms with Gasteiger partial charge in [-0.25, -0.2) is 4.98 Å². The van der Waals surface area contributed by atoms with Crippen LogP contribution in [-0.2, 0) is 5.54 Å². The lowest BCUT2D eigenvalue weighted by Gasteiger charge is -2.27. The molecule has 1 unspecified atom stereocenters. The lowest BCUT2D eigenvalue weighted by molar-refractivity contribution is -0.184. The molecule has 0 spiro atoms. The number of nitrogens with zero attached hydrogens (tertiary/aromatic N) is 1. The Bertz CT molecular complexity index is 318. The molecule has 2 N–H and O–H groups in total. The summed E-state index contributed by atoms with van der Waals surface area (Å²) >= 11 is 3.03. The Kier molecular flexibility index (Phi) is 2.87. The molecule has 1 rings (SSSR count). The van der Waals surface area contributed by atoms with Crippen molar-refractivity contribution in [3.63, 3.8) is 0 Å². The van der Waals surface area contributed by atoms with Crippen LogP contribution in [0.5, 0.6) is 0 Å². The van der Waals surface area contributed by atoms with Crippen LogP contribution in [0.3, 0.4) is 0 Å². The minimum atomic E-state index is -4.48. The Morgan fingerprint density at radius 2 is 1.93 bits per heavy atom. The Balaban J connectivity index is 3.10. The van der Waals surface area contributed by atoms with Gasteiger partial charge < -0.3 is 5.73 Å². The molecule has 0 saturated carbocycles. The minimum absolute atomic E-state index is 0.0619. The van der Waals surface area contributed by atoms with E-state index in [0.717, 1.165) is 13.1 Å². The third-order valence-corrected chi connectivity index (χ3v) is 2.39. The molecule has 0 aliphatic heterocycles. The van der Waals surface area contributed by atoms with Gasteiger partial charge >= 0.3 is 6.18 Å². The number of hydrogen-bond donors (Lipinski definition) is 1. The summed E-state index contributed by atoms with van der Waals surface area (Å²) in [7, 11) is 0. The van der Waals surface area contributed by atoms with Crippen LogP contribution in [-0.4, -0.2) is 11.2 Å². The second kappa shape index (κ2) is 3.51. The lowest BCUT2D eigenvalue weighted by Crippen LogP contribution is -2.47. The third kappa shape index (κ3) is 2.06. The Morgan fingerprint density at radius 1 is 1.36 bits per heavy atom. The Labute approximate surface area is 87.4 Å². The average molecular weight is 269 g/mol. The van der Waals surface area contributed by atoms with Crippen LogP contribution < -0.4 is 5.73 Å². The summed E-state index contributed by atoms with van der Waals surface area (Å²) in [5.74, 6) is 0. The summed E-state index contributed by atoms with van der Waals surface area (Å²) in [6.07, 6.45) is -3.37. The number of nitrogens with two attached hydrogens (primary N) is 1. The van der Waals surface area contributed by atoms with Gasteiger partial charge in [-0.2, -0.15) is 13.2 Å². The summed E-state index contributed by atoms with van der Waals surface area (Å²) in [6, 6.07) is 2.72. The van der Waals surface area contributed by atoms with E-state index in [-0.39, 0.29) is 5.56 Å². The lowest BCUT2D eigenvalue weighted by atomic mass is 9.94. The highest BCUT2D eigenvalue weighted by atomic mass is 79.9. The molecule has 1 atom stereocenters. The van der Waals surface area contributed by atoms with Crippen molar-refractivity contribution in [2.75, 3.05) is 0 Å². The molecule has 0 aromatic carbocycles. The minimum Gasteiger partial charge on any atom is -0.314 e. The van der Waals surface area contributed by atoms with Crippen molar-refractivity contribution >= 4 is 15.9 Å². The van der Waals surface area contributed by atoms with Gasteiger partial charge in [-0.05, 0) is 34.5 Å². The molecule has 0 fully saturated rings. The molecule has 78 valence electrons. The van der Waals surface area contributed by atoms with E-state index >= 15 is 0 Å². The van der Waals surface area contributed by atoms with Crippen LogP contribution in [0.2, 0.25) is 0 Å². The van der Waals surface area contributed by atoms with Gasteiger partial charge in [-0.15, -0.1) is 0 Å². The summed E-state index contributed by atoms with van der Waals surface area (Å²) in [4.78, 5) is 3.70. The molecular weight excluding hydrogens is 261 g/mol. The fourth-order valence-corrected chi connectivity index (χ4v) is 1.08. The number of alkyl halides is 3. The number of pyridine rings is 1. The molecule has 14 heavy (non-hydrogen) atoms. The maximum Gasteiger partial charge on any atom is 0.410 e. The highest BCUT2D eigenvalue weighted by Crippen LogP contribution is 2.35. The van der Waals surface area contributed by atoms with Gasteiger partial charge in [-0.3, -0.25) is 0 Å². The standard InChI is InChI=1S/C8H8BrF3N2/c1-7(13,8(10,11)12)5-2-3-6(9)14-4-5/h2-4H,13H2,1H3. The Morgan fingerprint density at radius 3 is 2.29 bits per heavy atom. The van der Waals surface area contributed by atoms with Crippen molar-refractivity contribution in [1.82, 2.24) is 4.98 Å². The van der Waals surface area contributed by atoms with Gasteiger partial charge in [-0.1, -0.05) is 6.07 Å². The van der Waals surface area contributed by atoms with Crippen molar-refractivity contribution < 1.29 is 13.2 Å². The molecule has 1 heterocycles. The molecule has 0 bridgehead atoms. The number of hydrogen-bond acceptors (Lipinski definition) is 2. The van der Waals surface area contributed by atoms with E-state index in [0.29, 0.717) is 4.60 Å². The van der Waals surface area contributed by atoms with Crippen molar-refractivity contribution in [3.8, 4) is 0 Å². The molecule has 0 saturated heterocycles. The quantitative estimate of drug-likeness (QED) is 0.796. The number of halogens is 4. The predicted octanol–water partition coefficient (Wildman–Crippen LogP) is 2.58. The first-order valence-corrected chi connectivity index (χ1v) is 4.52. The van der Waals surface area contributed by atoms with Gasteiger partial charge in [0.2, 0.25) is 0 Å². The van der Waals surface area contributed by atoms with E-state index in [1.807, 2.05) is 0 Å². The molecule has 0 aliphatic rings. The van der Waals surface area contributed by atoms with E-state index in [4.69, 9.17) is 5.73 Å². The molecule has 6 heteroatoms. The SMILES string of the molecule is CC(N)(c1ccc(Br)nc1)C(F)(F)F. The van der Waals surface area contributed by atoms with Gasteiger partial charge in [0.25, 0.3) is 0 Å². The van der Waals surface area contributed by atoms with Crippen LogP contribution in [0.4, 0.5) is 13.2 Å². The number of aromatic nitrogens is 1. The third-order valence-electron chi connectivity index (χ3n) is 1.92. The molecule has 0 aliphatic carbocycles. The second-order valence-corrected chi connectivity index (χ2v) is 3.88. The molecule has 1 aromatic heterocycles. The summed E-state index contributed by atoms with van der Waals surface area (Å²) < 4.78 is 37.8. The maximum absolute atomic E-state index is 12.5. The zero-order valence-corrected chi connectivity index (χ0v) is 8.85. The topological polar surface area (TPSA) is 38.9 Å². The highest BCUT2D eigenvalue weighted by Gasteiger charge is 2.49. The highest BCUT2D eigenvalue weighted by molar-refractivity contribution is 9.10. The van der Waals surface area contributed by atoms with Crippen LogP contribution in [0, 0.1) is 0 Å². The fourth-order valence-electron chi connectivity index (χ4n) is 0.847.